The molecule has 0 radical (unpaired) electrons. The molecule has 1 N–H and O–H groups in total. The van der Waals surface area contributed by atoms with Crippen LogP contribution in [0, 0.1) is 0 Å². The number of methoxy groups -OCH3 is 1. The van der Waals surface area contributed by atoms with Crippen molar-refractivity contribution in [1.82, 2.24) is 10.2 Å². The minimum absolute atomic E-state index is 0.0232. The topological polar surface area (TPSA) is 94.7 Å². The van der Waals surface area contributed by atoms with Crippen molar-refractivity contribution < 1.29 is 23.8 Å². The molecule has 0 aliphatic rings. The molecule has 4 rings (SSSR count). The second-order valence-corrected chi connectivity index (χ2v) is 9.49. The minimum atomic E-state index is -1.15. The summed E-state index contributed by atoms with van der Waals surface area (Å²) in [7, 11) is 1.51. The number of carbonyl (C=O) groups is 1. The quantitative estimate of drug-likeness (QED) is 0.165. The number of carboxylic acid groups (broad SMARTS) is 1. The predicted octanol–water partition coefficient (Wildman–Crippen LogP) is 7.50. The van der Waals surface area contributed by atoms with Gasteiger partial charge in [0.25, 0.3) is 11.1 Å². The van der Waals surface area contributed by atoms with Gasteiger partial charge in [0.05, 0.1) is 22.7 Å². The molecule has 3 aromatic carbocycles. The molecule has 0 saturated carbocycles. The van der Waals surface area contributed by atoms with E-state index in [1.54, 1.807) is 54.6 Å². The molecule has 0 amide bonds. The Bertz CT molecular complexity index is 1440. The van der Waals surface area contributed by atoms with Crippen molar-refractivity contribution in [2.24, 2.45) is 0 Å². The molecule has 0 saturated heterocycles. The summed E-state index contributed by atoms with van der Waals surface area (Å²) >= 11 is 18.9. The van der Waals surface area contributed by atoms with Crippen LogP contribution >= 0.6 is 46.6 Å². The van der Waals surface area contributed by atoms with Crippen molar-refractivity contribution in [3.8, 4) is 23.0 Å². The monoisotopic (exact) mass is 562 g/mol. The first kappa shape index (κ1) is 25.9. The number of benzene rings is 3. The number of halogens is 3. The Morgan fingerprint density at radius 1 is 1.06 bits per heavy atom. The molecule has 1 heterocycles. The number of aliphatic carboxylic acids is 1. The Morgan fingerprint density at radius 3 is 2.64 bits per heavy atom. The van der Waals surface area contributed by atoms with E-state index < -0.39 is 5.97 Å². The number of hydrogen-bond donors (Lipinski definition) is 1. The maximum absolute atomic E-state index is 11.9. The fraction of sp³-hybridized carbons (Fsp3) is 0.0800. The van der Waals surface area contributed by atoms with E-state index >= 15 is 0 Å². The van der Waals surface area contributed by atoms with Crippen LogP contribution in [0.4, 0.5) is 0 Å². The maximum Gasteiger partial charge on any atom is 0.342 e. The van der Waals surface area contributed by atoms with Crippen LogP contribution in [0.1, 0.15) is 11.1 Å². The van der Waals surface area contributed by atoms with E-state index in [4.69, 9.17) is 48.7 Å². The highest BCUT2D eigenvalue weighted by molar-refractivity contribution is 8.03. The average Bonchev–Trinajstić information content (AvgIpc) is 3.33. The summed E-state index contributed by atoms with van der Waals surface area (Å²) in [5, 5.41) is 19.1. The number of hydrogen-bond acceptors (Lipinski definition) is 7. The Morgan fingerprint density at radius 2 is 1.89 bits per heavy atom. The number of ether oxygens (including phenoxy) is 2. The Kier molecular flexibility index (Phi) is 8.43. The van der Waals surface area contributed by atoms with Crippen LogP contribution in [-0.2, 0) is 11.4 Å². The second kappa shape index (κ2) is 11.7. The van der Waals surface area contributed by atoms with Gasteiger partial charge in [0.1, 0.15) is 23.0 Å². The Balaban J connectivity index is 1.51. The number of thioether (sulfide) groups is 1. The Hall–Kier alpha value is -3.17. The third-order valence-corrected chi connectivity index (χ3v) is 6.58. The molecular weight excluding hydrogens is 547 g/mol. The van der Waals surface area contributed by atoms with E-state index in [0.717, 1.165) is 17.3 Å². The first-order valence-electron chi connectivity index (χ1n) is 10.3. The lowest BCUT2D eigenvalue weighted by molar-refractivity contribution is -0.131. The first-order valence-corrected chi connectivity index (χ1v) is 12.2. The summed E-state index contributed by atoms with van der Waals surface area (Å²) < 4.78 is 16.8. The van der Waals surface area contributed by atoms with Crippen LogP contribution in [0.25, 0.3) is 17.5 Å². The van der Waals surface area contributed by atoms with Gasteiger partial charge in [-0.15, -0.1) is 10.2 Å². The van der Waals surface area contributed by atoms with E-state index in [1.807, 2.05) is 6.07 Å². The smallest absolute Gasteiger partial charge is 0.342 e. The summed E-state index contributed by atoms with van der Waals surface area (Å²) in [6.45, 7) is 0.266. The molecule has 36 heavy (non-hydrogen) atoms. The van der Waals surface area contributed by atoms with Gasteiger partial charge in [0.2, 0.25) is 0 Å². The van der Waals surface area contributed by atoms with Gasteiger partial charge in [-0.05, 0) is 71.4 Å². The van der Waals surface area contributed by atoms with Crippen molar-refractivity contribution >= 4 is 58.6 Å². The van der Waals surface area contributed by atoms with Gasteiger partial charge in [-0.3, -0.25) is 0 Å². The van der Waals surface area contributed by atoms with Crippen molar-refractivity contribution in [2.45, 2.75) is 11.8 Å². The van der Waals surface area contributed by atoms with Gasteiger partial charge in [0.15, 0.2) is 0 Å². The molecule has 0 aliphatic carbocycles. The summed E-state index contributed by atoms with van der Waals surface area (Å²) in [4.78, 5) is 11.9. The van der Waals surface area contributed by atoms with Crippen molar-refractivity contribution in [3.63, 3.8) is 0 Å². The van der Waals surface area contributed by atoms with Crippen molar-refractivity contribution in [2.75, 3.05) is 7.11 Å². The molecule has 0 atom stereocenters. The molecule has 0 aliphatic heterocycles. The molecule has 0 unspecified atom stereocenters. The van der Waals surface area contributed by atoms with E-state index in [1.165, 1.54) is 13.2 Å². The van der Waals surface area contributed by atoms with Gasteiger partial charge in [-0.2, -0.15) is 0 Å². The fourth-order valence-corrected chi connectivity index (χ4v) is 4.24. The zero-order valence-electron chi connectivity index (χ0n) is 18.6. The lowest BCUT2D eigenvalue weighted by Crippen LogP contribution is -1.98. The summed E-state index contributed by atoms with van der Waals surface area (Å²) in [6.07, 6.45) is 1.49. The zero-order chi connectivity index (χ0) is 25.7. The fourth-order valence-electron chi connectivity index (χ4n) is 3.08. The van der Waals surface area contributed by atoms with Crippen LogP contribution in [0.2, 0.25) is 15.1 Å². The van der Waals surface area contributed by atoms with E-state index in [2.05, 4.69) is 10.2 Å². The van der Waals surface area contributed by atoms with Gasteiger partial charge in [-0.25, -0.2) is 4.79 Å². The highest BCUT2D eigenvalue weighted by Gasteiger charge is 2.18. The SMILES string of the molecule is COc1ccc(Cl)cc1-c1nnc(S/C(=C\c2cccc(OCc3ccc(Cl)c(Cl)c3)c2)C(=O)O)o1. The summed E-state index contributed by atoms with van der Waals surface area (Å²) in [5.74, 6) is 0.0467. The molecule has 184 valence electrons. The molecule has 4 aromatic rings. The van der Waals surface area contributed by atoms with Crippen LogP contribution in [0.15, 0.2) is 75.2 Å². The zero-order valence-corrected chi connectivity index (χ0v) is 21.7. The molecule has 7 nitrogen and oxygen atoms in total. The van der Waals surface area contributed by atoms with Gasteiger partial charge in [0, 0.05) is 5.02 Å². The summed E-state index contributed by atoms with van der Waals surface area (Å²) in [6, 6.07) is 17.2. The van der Waals surface area contributed by atoms with Crippen LogP contribution in [0.5, 0.6) is 11.5 Å². The molecule has 0 fully saturated rings. The van der Waals surface area contributed by atoms with Crippen LogP contribution in [-0.4, -0.2) is 28.4 Å². The summed E-state index contributed by atoms with van der Waals surface area (Å²) in [5.41, 5.74) is 1.95. The van der Waals surface area contributed by atoms with Crippen LogP contribution < -0.4 is 9.47 Å². The first-order chi connectivity index (χ1) is 17.3. The largest absolute Gasteiger partial charge is 0.496 e. The number of aromatic nitrogens is 2. The lowest BCUT2D eigenvalue weighted by atomic mass is 10.2. The number of nitrogens with zero attached hydrogens (tertiary/aromatic N) is 2. The number of carboxylic acids is 1. The predicted molar refractivity (Wildman–Crippen MR) is 140 cm³/mol. The van der Waals surface area contributed by atoms with Crippen LogP contribution in [0.3, 0.4) is 0 Å². The average molecular weight is 564 g/mol. The normalized spacial score (nSPS) is 11.4. The highest BCUT2D eigenvalue weighted by Crippen LogP contribution is 2.35. The van der Waals surface area contributed by atoms with E-state index in [9.17, 15) is 9.90 Å². The van der Waals surface area contributed by atoms with Gasteiger partial charge < -0.3 is 19.0 Å². The molecule has 0 bridgehead atoms. The Labute approximate surface area is 225 Å². The lowest BCUT2D eigenvalue weighted by Gasteiger charge is -2.08. The molecule has 1 aromatic heterocycles. The molecule has 0 spiro atoms. The van der Waals surface area contributed by atoms with E-state index in [0.29, 0.717) is 37.7 Å². The second-order valence-electron chi connectivity index (χ2n) is 7.24. The third kappa shape index (κ3) is 6.53. The number of rotatable bonds is 9. The van der Waals surface area contributed by atoms with Gasteiger partial charge >= 0.3 is 5.97 Å². The minimum Gasteiger partial charge on any atom is -0.496 e. The van der Waals surface area contributed by atoms with Gasteiger partial charge in [-0.1, -0.05) is 53.0 Å². The standard InChI is InChI=1S/C25H17Cl3N2O5S/c1-33-21-8-6-16(26)12-18(21)23-29-30-25(35-23)36-22(24(31)32)11-14-3-2-4-17(9-14)34-13-15-5-7-19(27)20(28)10-15/h2-12H,13H2,1H3,(H,31,32)/b22-11-. The van der Waals surface area contributed by atoms with Crippen molar-refractivity contribution in [3.05, 3.63) is 91.8 Å². The third-order valence-electron chi connectivity index (χ3n) is 4.75. The maximum atomic E-state index is 11.9. The molecule has 11 heteroatoms. The van der Waals surface area contributed by atoms with Crippen molar-refractivity contribution in [1.29, 1.82) is 0 Å². The highest BCUT2D eigenvalue weighted by atomic mass is 35.5. The molecular formula is C25H17Cl3N2O5S. The van der Waals surface area contributed by atoms with E-state index in [-0.39, 0.29) is 22.6 Å².